The molecular formula is C20H28N6O. The minimum Gasteiger partial charge on any atom is -0.354 e. The standard InChI is InChI=1S/C20H28N6O/c27-20(17-5-6-19(22-16-17)24-14-9-21-10-15-24)26-12-2-1-4-18(26)7-13-25-11-3-8-23-25/h3,5-6,8,11,16,18,21H,1-2,4,7,9-10,12-15H2/t18-/m1/s1. The first kappa shape index (κ1) is 18.0. The SMILES string of the molecule is O=C(c1ccc(N2CCNCC2)nc1)N1CCCC[C@@H]1CCn1cccn1. The van der Waals surface area contributed by atoms with Gasteiger partial charge in [0.25, 0.3) is 5.91 Å². The average Bonchev–Trinajstić information content (AvgIpc) is 3.26. The number of piperazine rings is 1. The van der Waals surface area contributed by atoms with E-state index >= 15 is 0 Å². The second-order valence-corrected chi connectivity index (χ2v) is 7.35. The third-order valence-electron chi connectivity index (χ3n) is 5.57. The summed E-state index contributed by atoms with van der Waals surface area (Å²) < 4.78 is 1.95. The van der Waals surface area contributed by atoms with Gasteiger partial charge < -0.3 is 15.1 Å². The largest absolute Gasteiger partial charge is 0.354 e. The van der Waals surface area contributed by atoms with Gasteiger partial charge >= 0.3 is 0 Å². The average molecular weight is 368 g/mol. The monoisotopic (exact) mass is 368 g/mol. The van der Waals surface area contributed by atoms with Crippen LogP contribution in [0, 0.1) is 0 Å². The number of aryl methyl sites for hydroxylation is 1. The van der Waals surface area contributed by atoms with Crippen molar-refractivity contribution >= 4 is 11.7 Å². The predicted octanol–water partition coefficient (Wildman–Crippen LogP) is 1.77. The fraction of sp³-hybridized carbons (Fsp3) is 0.550. The Hall–Kier alpha value is -2.41. The zero-order valence-corrected chi connectivity index (χ0v) is 15.8. The summed E-state index contributed by atoms with van der Waals surface area (Å²) in [6.07, 6.45) is 9.81. The summed E-state index contributed by atoms with van der Waals surface area (Å²) in [7, 11) is 0. The molecule has 2 saturated heterocycles. The van der Waals surface area contributed by atoms with Gasteiger partial charge in [0.1, 0.15) is 5.82 Å². The lowest BCUT2D eigenvalue weighted by atomic mass is 9.98. The Balaban J connectivity index is 1.41. The van der Waals surface area contributed by atoms with Crippen LogP contribution in [0.15, 0.2) is 36.8 Å². The number of hydrogen-bond donors (Lipinski definition) is 1. The Morgan fingerprint density at radius 1 is 1.19 bits per heavy atom. The van der Waals surface area contributed by atoms with Crippen LogP contribution in [0.5, 0.6) is 0 Å². The number of rotatable bonds is 5. The van der Waals surface area contributed by atoms with Crippen molar-refractivity contribution in [1.29, 1.82) is 0 Å². The lowest BCUT2D eigenvalue weighted by molar-refractivity contribution is 0.0593. The van der Waals surface area contributed by atoms with Crippen LogP contribution in [-0.4, -0.2) is 64.3 Å². The predicted molar refractivity (Wildman–Crippen MR) is 105 cm³/mol. The van der Waals surface area contributed by atoms with Gasteiger partial charge in [-0.2, -0.15) is 5.10 Å². The van der Waals surface area contributed by atoms with E-state index in [9.17, 15) is 4.79 Å². The summed E-state index contributed by atoms with van der Waals surface area (Å²) in [4.78, 5) is 22.0. The fourth-order valence-electron chi connectivity index (χ4n) is 4.04. The highest BCUT2D eigenvalue weighted by atomic mass is 16.2. The third-order valence-corrected chi connectivity index (χ3v) is 5.57. The van der Waals surface area contributed by atoms with Gasteiger partial charge in [0.05, 0.1) is 5.56 Å². The first-order valence-corrected chi connectivity index (χ1v) is 10.0. The van der Waals surface area contributed by atoms with E-state index in [0.717, 1.165) is 64.3 Å². The molecule has 144 valence electrons. The van der Waals surface area contributed by atoms with Crippen molar-refractivity contribution in [2.24, 2.45) is 0 Å². The normalized spacial score (nSPS) is 20.7. The zero-order chi connectivity index (χ0) is 18.5. The molecule has 0 spiro atoms. The maximum absolute atomic E-state index is 13.1. The van der Waals surface area contributed by atoms with Crippen molar-refractivity contribution in [2.75, 3.05) is 37.6 Å². The maximum Gasteiger partial charge on any atom is 0.255 e. The Morgan fingerprint density at radius 2 is 2.07 bits per heavy atom. The number of piperidine rings is 1. The molecule has 0 bridgehead atoms. The van der Waals surface area contributed by atoms with Crippen molar-refractivity contribution in [3.05, 3.63) is 42.4 Å². The molecule has 1 N–H and O–H groups in total. The van der Waals surface area contributed by atoms with E-state index in [4.69, 9.17) is 0 Å². The third kappa shape index (κ3) is 4.30. The number of hydrogen-bond acceptors (Lipinski definition) is 5. The van der Waals surface area contributed by atoms with Gasteiger partial charge in [-0.25, -0.2) is 4.98 Å². The topological polar surface area (TPSA) is 66.3 Å². The van der Waals surface area contributed by atoms with Crippen molar-refractivity contribution in [1.82, 2.24) is 25.0 Å². The molecule has 2 aliphatic heterocycles. The van der Waals surface area contributed by atoms with E-state index in [1.807, 2.05) is 29.1 Å². The molecule has 0 saturated carbocycles. The van der Waals surface area contributed by atoms with Gasteiger partial charge in [-0.15, -0.1) is 0 Å². The van der Waals surface area contributed by atoms with Crippen molar-refractivity contribution in [2.45, 2.75) is 38.3 Å². The second-order valence-electron chi connectivity index (χ2n) is 7.35. The van der Waals surface area contributed by atoms with Crippen molar-refractivity contribution in [3.8, 4) is 0 Å². The van der Waals surface area contributed by atoms with Crippen LogP contribution in [0.1, 0.15) is 36.0 Å². The summed E-state index contributed by atoms with van der Waals surface area (Å²) >= 11 is 0. The van der Waals surface area contributed by atoms with Gasteiger partial charge in [0.2, 0.25) is 0 Å². The second kappa shape index (κ2) is 8.52. The van der Waals surface area contributed by atoms with E-state index in [2.05, 4.69) is 25.2 Å². The van der Waals surface area contributed by atoms with E-state index in [1.54, 1.807) is 12.4 Å². The van der Waals surface area contributed by atoms with Gasteiger partial charge in [-0.1, -0.05) is 0 Å². The number of anilines is 1. The number of pyridine rings is 1. The summed E-state index contributed by atoms with van der Waals surface area (Å²) in [5.74, 6) is 1.07. The molecule has 0 aliphatic carbocycles. The molecule has 7 nitrogen and oxygen atoms in total. The zero-order valence-electron chi connectivity index (χ0n) is 15.8. The fourth-order valence-corrected chi connectivity index (χ4v) is 4.04. The van der Waals surface area contributed by atoms with Gasteiger partial charge in [0.15, 0.2) is 0 Å². The van der Waals surface area contributed by atoms with E-state index in [0.29, 0.717) is 5.56 Å². The van der Waals surface area contributed by atoms with Crippen LogP contribution >= 0.6 is 0 Å². The van der Waals surface area contributed by atoms with Crippen LogP contribution in [0.4, 0.5) is 5.82 Å². The molecular weight excluding hydrogens is 340 g/mol. The number of likely N-dealkylation sites (tertiary alicyclic amines) is 1. The number of aromatic nitrogens is 3. The highest BCUT2D eigenvalue weighted by molar-refractivity contribution is 5.94. The number of amides is 1. The minimum atomic E-state index is 0.111. The Morgan fingerprint density at radius 3 is 2.81 bits per heavy atom. The highest BCUT2D eigenvalue weighted by Crippen LogP contribution is 2.23. The van der Waals surface area contributed by atoms with Crippen LogP contribution in [0.3, 0.4) is 0 Å². The quantitative estimate of drug-likeness (QED) is 0.871. The lowest BCUT2D eigenvalue weighted by Crippen LogP contribution is -2.44. The van der Waals surface area contributed by atoms with Crippen LogP contribution < -0.4 is 10.2 Å². The summed E-state index contributed by atoms with van der Waals surface area (Å²) in [5.41, 5.74) is 0.694. The number of nitrogens with zero attached hydrogens (tertiary/aromatic N) is 5. The van der Waals surface area contributed by atoms with Gasteiger partial charge in [-0.3, -0.25) is 9.48 Å². The molecule has 4 heterocycles. The van der Waals surface area contributed by atoms with Crippen LogP contribution in [0.25, 0.3) is 0 Å². The van der Waals surface area contributed by atoms with Crippen molar-refractivity contribution < 1.29 is 4.79 Å². The van der Waals surface area contributed by atoms with E-state index < -0.39 is 0 Å². The molecule has 1 atom stereocenters. The molecule has 2 fully saturated rings. The molecule has 0 unspecified atom stereocenters. The molecule has 2 aromatic heterocycles. The van der Waals surface area contributed by atoms with Gasteiger partial charge in [-0.05, 0) is 43.9 Å². The van der Waals surface area contributed by atoms with Crippen LogP contribution in [-0.2, 0) is 6.54 Å². The maximum atomic E-state index is 13.1. The van der Waals surface area contributed by atoms with Gasteiger partial charge in [0, 0.05) is 63.9 Å². The Bertz CT molecular complexity index is 723. The minimum absolute atomic E-state index is 0.111. The number of carbonyl (C=O) groups excluding carboxylic acids is 1. The van der Waals surface area contributed by atoms with E-state index in [1.165, 1.54) is 6.42 Å². The molecule has 2 aliphatic rings. The van der Waals surface area contributed by atoms with Crippen molar-refractivity contribution in [3.63, 3.8) is 0 Å². The first-order valence-electron chi connectivity index (χ1n) is 10.0. The smallest absolute Gasteiger partial charge is 0.255 e. The summed E-state index contributed by atoms with van der Waals surface area (Å²) in [5, 5.41) is 7.62. The molecule has 4 rings (SSSR count). The van der Waals surface area contributed by atoms with Crippen LogP contribution in [0.2, 0.25) is 0 Å². The Kier molecular flexibility index (Phi) is 5.67. The molecule has 27 heavy (non-hydrogen) atoms. The molecule has 2 aromatic rings. The summed E-state index contributed by atoms with van der Waals surface area (Å²) in [6.45, 7) is 5.57. The number of nitrogens with one attached hydrogen (secondary N) is 1. The summed E-state index contributed by atoms with van der Waals surface area (Å²) in [6, 6.07) is 6.14. The highest BCUT2D eigenvalue weighted by Gasteiger charge is 2.27. The molecule has 1 amide bonds. The number of carbonyl (C=O) groups is 1. The molecule has 7 heteroatoms. The molecule has 0 aromatic carbocycles. The lowest BCUT2D eigenvalue weighted by Gasteiger charge is -2.36. The molecule has 0 radical (unpaired) electrons. The van der Waals surface area contributed by atoms with E-state index in [-0.39, 0.29) is 11.9 Å². The first-order chi connectivity index (χ1) is 13.3. The Labute approximate surface area is 160 Å².